The van der Waals surface area contributed by atoms with Crippen LogP contribution < -0.4 is 5.32 Å². The Morgan fingerprint density at radius 3 is 1.35 bits per heavy atom. The zero-order valence-corrected chi connectivity index (χ0v) is 46.0. The van der Waals surface area contributed by atoms with Gasteiger partial charge in [-0.1, -0.05) is 261 Å². The topological polar surface area (TPSA) is 149 Å². The first-order valence-corrected chi connectivity index (χ1v) is 30.0. The van der Waals surface area contributed by atoms with E-state index in [2.05, 4.69) is 67.8 Å². The molecule has 9 nitrogen and oxygen atoms in total. The van der Waals surface area contributed by atoms with Gasteiger partial charge in [-0.05, 0) is 64.2 Å². The largest absolute Gasteiger partial charge is 0.394 e. The summed E-state index contributed by atoms with van der Waals surface area (Å²) in [6.45, 7) is 3.67. The molecule has 0 aliphatic carbocycles. The van der Waals surface area contributed by atoms with Crippen LogP contribution in [0.2, 0.25) is 0 Å². The lowest BCUT2D eigenvalue weighted by atomic mass is 9.99. The van der Waals surface area contributed by atoms with Gasteiger partial charge in [0.2, 0.25) is 5.91 Å². The molecular weight excluding hydrogens is 887 g/mol. The van der Waals surface area contributed by atoms with Gasteiger partial charge in [0.25, 0.3) is 0 Å². The molecule has 0 aromatic rings. The normalized spacial score (nSPS) is 19.7. The van der Waals surface area contributed by atoms with E-state index < -0.39 is 49.5 Å². The highest BCUT2D eigenvalue weighted by atomic mass is 16.7. The van der Waals surface area contributed by atoms with Crippen molar-refractivity contribution in [2.24, 2.45) is 0 Å². The fourth-order valence-corrected chi connectivity index (χ4v) is 9.37. The molecule has 7 atom stereocenters. The molecule has 1 aliphatic rings. The molecule has 0 aromatic carbocycles. The Hall–Kier alpha value is -2.11. The highest BCUT2D eigenvalue weighted by Gasteiger charge is 2.44. The van der Waals surface area contributed by atoms with Crippen molar-refractivity contribution in [3.63, 3.8) is 0 Å². The van der Waals surface area contributed by atoms with Crippen LogP contribution in [0.3, 0.4) is 0 Å². The third-order valence-electron chi connectivity index (χ3n) is 14.1. The Labute approximate surface area is 436 Å². The van der Waals surface area contributed by atoms with Crippen LogP contribution in [0.4, 0.5) is 0 Å². The summed E-state index contributed by atoms with van der Waals surface area (Å²) in [5.41, 5.74) is 0. The summed E-state index contributed by atoms with van der Waals surface area (Å²) in [6, 6.07) is -0.830. The minimum atomic E-state index is -1.58. The summed E-state index contributed by atoms with van der Waals surface area (Å²) in [4.78, 5) is 13.0. The second-order valence-corrected chi connectivity index (χ2v) is 20.8. The van der Waals surface area contributed by atoms with E-state index in [9.17, 15) is 30.3 Å². The molecular formula is C62H113NO8. The Bertz CT molecular complexity index is 1300. The third-order valence-corrected chi connectivity index (χ3v) is 14.1. The van der Waals surface area contributed by atoms with Crippen molar-refractivity contribution in [2.75, 3.05) is 13.2 Å². The van der Waals surface area contributed by atoms with Gasteiger partial charge in [-0.2, -0.15) is 0 Å². The quantitative estimate of drug-likeness (QED) is 0.0261. The lowest BCUT2D eigenvalue weighted by molar-refractivity contribution is -0.302. The van der Waals surface area contributed by atoms with E-state index in [0.29, 0.717) is 6.42 Å². The maximum absolute atomic E-state index is 13.0. The monoisotopic (exact) mass is 1000 g/mol. The van der Waals surface area contributed by atoms with Gasteiger partial charge in [0.05, 0.1) is 25.4 Å². The molecule has 1 aliphatic heterocycles. The van der Waals surface area contributed by atoms with Crippen molar-refractivity contribution < 1.29 is 39.8 Å². The second-order valence-electron chi connectivity index (χ2n) is 20.8. The van der Waals surface area contributed by atoms with Crippen molar-refractivity contribution in [3.05, 3.63) is 60.8 Å². The van der Waals surface area contributed by atoms with E-state index in [1.54, 1.807) is 6.08 Å². The fraction of sp³-hybridized carbons (Fsp3) is 0.823. The Morgan fingerprint density at radius 1 is 0.493 bits per heavy atom. The van der Waals surface area contributed by atoms with Crippen LogP contribution in [0, 0.1) is 0 Å². The molecule has 1 fully saturated rings. The number of amides is 1. The third kappa shape index (κ3) is 40.9. The van der Waals surface area contributed by atoms with Crippen LogP contribution in [0.5, 0.6) is 0 Å². The van der Waals surface area contributed by atoms with Crippen LogP contribution >= 0.6 is 0 Å². The zero-order valence-electron chi connectivity index (χ0n) is 46.0. The van der Waals surface area contributed by atoms with Crippen molar-refractivity contribution >= 4 is 5.91 Å². The minimum Gasteiger partial charge on any atom is -0.394 e. The summed E-state index contributed by atoms with van der Waals surface area (Å²) < 4.78 is 11.3. The maximum Gasteiger partial charge on any atom is 0.220 e. The lowest BCUT2D eigenvalue weighted by Gasteiger charge is -2.40. The standard InChI is InChI=1S/C62H113NO8/c1-3-5-7-9-11-13-15-17-19-21-22-23-24-25-26-27-28-29-30-31-32-33-34-36-37-39-41-43-45-47-49-51-56(65)55(54-70-62-61(69)60(68)59(67)57(53-64)71-62)63-58(66)52-50-48-46-44-42-40-38-35-20-18-16-14-12-10-8-6-4-2/h6,8,12,14,18,20,41,43,49,51,55-57,59-62,64-65,67-69H,3-5,7,9-11,13,15-17,19,21-40,42,44-48,50,52-54H2,1-2H3,(H,63,66)/b8-6-,14-12-,20-18-,43-41+,51-49+. The van der Waals surface area contributed by atoms with Crippen molar-refractivity contribution in [3.8, 4) is 0 Å². The maximum atomic E-state index is 13.0. The Kier molecular flexibility index (Phi) is 48.4. The zero-order chi connectivity index (χ0) is 51.5. The van der Waals surface area contributed by atoms with Gasteiger partial charge < -0.3 is 40.3 Å². The van der Waals surface area contributed by atoms with Gasteiger partial charge >= 0.3 is 0 Å². The Morgan fingerprint density at radius 2 is 0.887 bits per heavy atom. The predicted molar refractivity (Wildman–Crippen MR) is 299 cm³/mol. The second kappa shape index (κ2) is 51.4. The van der Waals surface area contributed by atoms with Gasteiger partial charge in [-0.15, -0.1) is 0 Å². The number of ether oxygens (including phenoxy) is 2. The first-order chi connectivity index (χ1) is 34.8. The molecule has 414 valence electrons. The fourth-order valence-electron chi connectivity index (χ4n) is 9.37. The number of carbonyl (C=O) groups excluding carboxylic acids is 1. The van der Waals surface area contributed by atoms with E-state index in [0.717, 1.165) is 70.6 Å². The van der Waals surface area contributed by atoms with Crippen molar-refractivity contribution in [2.45, 2.75) is 314 Å². The summed E-state index contributed by atoms with van der Waals surface area (Å²) in [5, 5.41) is 54.5. The molecule has 1 rings (SSSR count). The number of aliphatic hydroxyl groups excluding tert-OH is 5. The first-order valence-electron chi connectivity index (χ1n) is 30.0. The predicted octanol–water partition coefficient (Wildman–Crippen LogP) is 15.1. The summed E-state index contributed by atoms with van der Waals surface area (Å²) in [7, 11) is 0. The Balaban J connectivity index is 2.19. The summed E-state index contributed by atoms with van der Waals surface area (Å²) in [5.74, 6) is -0.197. The number of nitrogens with one attached hydrogen (secondary N) is 1. The number of carbonyl (C=O) groups is 1. The van der Waals surface area contributed by atoms with Gasteiger partial charge in [0, 0.05) is 6.42 Å². The lowest BCUT2D eigenvalue weighted by Crippen LogP contribution is -2.60. The highest BCUT2D eigenvalue weighted by Crippen LogP contribution is 2.23. The van der Waals surface area contributed by atoms with Crippen molar-refractivity contribution in [1.82, 2.24) is 5.32 Å². The molecule has 1 heterocycles. The molecule has 71 heavy (non-hydrogen) atoms. The molecule has 0 radical (unpaired) electrons. The van der Waals surface area contributed by atoms with E-state index in [1.165, 1.54) is 180 Å². The van der Waals surface area contributed by atoms with Gasteiger partial charge in [0.15, 0.2) is 6.29 Å². The van der Waals surface area contributed by atoms with Gasteiger partial charge in [-0.25, -0.2) is 0 Å². The van der Waals surface area contributed by atoms with E-state index in [-0.39, 0.29) is 12.5 Å². The average molecular weight is 1000 g/mol. The van der Waals surface area contributed by atoms with E-state index in [1.807, 2.05) is 6.08 Å². The molecule has 1 saturated heterocycles. The number of hydrogen-bond donors (Lipinski definition) is 6. The molecule has 0 bridgehead atoms. The van der Waals surface area contributed by atoms with Crippen LogP contribution in [0.25, 0.3) is 0 Å². The highest BCUT2D eigenvalue weighted by molar-refractivity contribution is 5.76. The SMILES string of the molecule is CC/C=C\C/C=C\C/C=C\CCCCCCCCCC(=O)NC(COC1OC(CO)C(O)C(O)C1O)C(O)/C=C/CC/C=C/CCCCCCCCCCCCCCCCCCCCCCCCCCC. The molecule has 7 unspecified atom stereocenters. The number of rotatable bonds is 51. The number of unbranched alkanes of at least 4 members (excludes halogenated alkanes) is 33. The molecule has 0 spiro atoms. The first kappa shape index (κ1) is 66.9. The summed E-state index contributed by atoms with van der Waals surface area (Å²) in [6.07, 6.45) is 63.1. The van der Waals surface area contributed by atoms with Crippen LogP contribution in [-0.2, 0) is 14.3 Å². The van der Waals surface area contributed by atoms with Gasteiger partial charge in [0.1, 0.15) is 24.4 Å². The van der Waals surface area contributed by atoms with Crippen LogP contribution in [-0.4, -0.2) is 87.5 Å². The van der Waals surface area contributed by atoms with Crippen molar-refractivity contribution in [1.29, 1.82) is 0 Å². The number of aliphatic hydroxyl groups is 5. The smallest absolute Gasteiger partial charge is 0.220 e. The molecule has 0 saturated carbocycles. The number of hydrogen-bond acceptors (Lipinski definition) is 8. The minimum absolute atomic E-state index is 0.197. The average Bonchev–Trinajstić information content (AvgIpc) is 3.37. The van der Waals surface area contributed by atoms with E-state index >= 15 is 0 Å². The summed E-state index contributed by atoms with van der Waals surface area (Å²) >= 11 is 0. The van der Waals surface area contributed by atoms with E-state index in [4.69, 9.17) is 9.47 Å². The van der Waals surface area contributed by atoms with Gasteiger partial charge in [-0.3, -0.25) is 4.79 Å². The van der Waals surface area contributed by atoms with Crippen LogP contribution in [0.15, 0.2) is 60.8 Å². The molecule has 1 amide bonds. The molecule has 0 aromatic heterocycles. The van der Waals surface area contributed by atoms with Crippen LogP contribution in [0.1, 0.15) is 271 Å². The number of allylic oxidation sites excluding steroid dienone is 9. The molecule has 9 heteroatoms. The molecule has 6 N–H and O–H groups in total.